The normalized spacial score (nSPS) is 17.4. The number of hydrogen-bond acceptors (Lipinski definition) is 5. The zero-order chi connectivity index (χ0) is 17.8. The van der Waals surface area contributed by atoms with Crippen molar-refractivity contribution in [2.24, 2.45) is 0 Å². The predicted molar refractivity (Wildman–Crippen MR) is 92.5 cm³/mol. The molecule has 0 N–H and O–H groups in total. The van der Waals surface area contributed by atoms with Crippen molar-refractivity contribution in [1.29, 1.82) is 0 Å². The Kier molecular flexibility index (Phi) is 5.50. The van der Waals surface area contributed by atoms with E-state index in [-0.39, 0.29) is 11.1 Å². The SMILES string of the molecule is CCOC(=O)c1cccnc1N1CCOC(c2ccc(F)c(Cl)c2)C1. The Balaban J connectivity index is 1.84. The molecule has 0 radical (unpaired) electrons. The molecule has 1 aromatic heterocycles. The number of ether oxygens (including phenoxy) is 2. The summed E-state index contributed by atoms with van der Waals surface area (Å²) in [7, 11) is 0. The molecule has 0 spiro atoms. The van der Waals surface area contributed by atoms with Gasteiger partial charge in [-0.3, -0.25) is 0 Å². The molecule has 1 aliphatic rings. The highest BCUT2D eigenvalue weighted by Crippen LogP contribution is 2.29. The van der Waals surface area contributed by atoms with Gasteiger partial charge >= 0.3 is 5.97 Å². The fourth-order valence-electron chi connectivity index (χ4n) is 2.77. The van der Waals surface area contributed by atoms with Crippen molar-refractivity contribution in [3.63, 3.8) is 0 Å². The van der Waals surface area contributed by atoms with Crippen molar-refractivity contribution in [2.45, 2.75) is 13.0 Å². The van der Waals surface area contributed by atoms with E-state index in [1.54, 1.807) is 37.4 Å². The molecule has 0 amide bonds. The molecule has 5 nitrogen and oxygen atoms in total. The second-order valence-electron chi connectivity index (χ2n) is 5.57. The van der Waals surface area contributed by atoms with Gasteiger partial charge in [-0.15, -0.1) is 0 Å². The van der Waals surface area contributed by atoms with Crippen LogP contribution in [0.2, 0.25) is 5.02 Å². The molecule has 3 rings (SSSR count). The van der Waals surface area contributed by atoms with Gasteiger partial charge in [0.1, 0.15) is 23.3 Å². The topological polar surface area (TPSA) is 51.7 Å². The Morgan fingerprint density at radius 2 is 2.32 bits per heavy atom. The first-order valence-corrected chi connectivity index (χ1v) is 8.41. The van der Waals surface area contributed by atoms with Gasteiger partial charge in [0.2, 0.25) is 0 Å². The summed E-state index contributed by atoms with van der Waals surface area (Å²) in [6.45, 7) is 3.59. The molecule has 0 bridgehead atoms. The molecule has 0 aliphatic carbocycles. The van der Waals surface area contributed by atoms with Crippen LogP contribution >= 0.6 is 11.6 Å². The lowest BCUT2D eigenvalue weighted by Gasteiger charge is -2.34. The maximum atomic E-state index is 13.4. The van der Waals surface area contributed by atoms with Crippen LogP contribution in [-0.4, -0.2) is 37.3 Å². The summed E-state index contributed by atoms with van der Waals surface area (Å²) < 4.78 is 24.3. The number of nitrogens with zero attached hydrogens (tertiary/aromatic N) is 2. The molecule has 1 fully saturated rings. The molecule has 0 saturated carbocycles. The van der Waals surface area contributed by atoms with E-state index in [4.69, 9.17) is 21.1 Å². The van der Waals surface area contributed by atoms with Gasteiger partial charge in [-0.1, -0.05) is 17.7 Å². The van der Waals surface area contributed by atoms with E-state index in [9.17, 15) is 9.18 Å². The van der Waals surface area contributed by atoms with Crippen LogP contribution in [-0.2, 0) is 9.47 Å². The number of anilines is 1. The molecular formula is C18H18ClFN2O3. The number of rotatable bonds is 4. The maximum absolute atomic E-state index is 13.4. The lowest BCUT2D eigenvalue weighted by molar-refractivity contribution is 0.0389. The highest BCUT2D eigenvalue weighted by molar-refractivity contribution is 6.30. The van der Waals surface area contributed by atoms with E-state index in [1.807, 2.05) is 4.90 Å². The molecule has 25 heavy (non-hydrogen) atoms. The van der Waals surface area contributed by atoms with E-state index < -0.39 is 11.8 Å². The summed E-state index contributed by atoms with van der Waals surface area (Å²) in [6.07, 6.45) is 1.35. The Morgan fingerprint density at radius 3 is 3.08 bits per heavy atom. The highest BCUT2D eigenvalue weighted by atomic mass is 35.5. The second-order valence-corrected chi connectivity index (χ2v) is 5.98. The zero-order valence-corrected chi connectivity index (χ0v) is 14.5. The molecule has 1 aromatic carbocycles. The summed E-state index contributed by atoms with van der Waals surface area (Å²) in [4.78, 5) is 18.5. The standard InChI is InChI=1S/C18H18ClFN2O3/c1-2-24-18(23)13-4-3-7-21-17(13)22-8-9-25-16(11-22)12-5-6-15(20)14(19)10-12/h3-7,10,16H,2,8-9,11H2,1H3. The van der Waals surface area contributed by atoms with Crippen molar-refractivity contribution >= 4 is 23.4 Å². The third-order valence-electron chi connectivity index (χ3n) is 3.96. The maximum Gasteiger partial charge on any atom is 0.341 e. The number of hydrogen-bond donors (Lipinski definition) is 0. The summed E-state index contributed by atoms with van der Waals surface area (Å²) >= 11 is 5.87. The lowest BCUT2D eigenvalue weighted by Crippen LogP contribution is -2.39. The van der Waals surface area contributed by atoms with Crippen LogP contribution in [0.25, 0.3) is 0 Å². The van der Waals surface area contributed by atoms with Gasteiger partial charge in [-0.2, -0.15) is 0 Å². The fourth-order valence-corrected chi connectivity index (χ4v) is 2.96. The van der Waals surface area contributed by atoms with E-state index in [0.717, 1.165) is 5.56 Å². The Morgan fingerprint density at radius 1 is 1.48 bits per heavy atom. The van der Waals surface area contributed by atoms with Crippen molar-refractivity contribution in [1.82, 2.24) is 4.98 Å². The first-order chi connectivity index (χ1) is 12.1. The number of morpholine rings is 1. The van der Waals surface area contributed by atoms with Gasteiger partial charge < -0.3 is 14.4 Å². The van der Waals surface area contributed by atoms with Crippen molar-refractivity contribution in [2.75, 3.05) is 31.2 Å². The van der Waals surface area contributed by atoms with Gasteiger partial charge in [0.15, 0.2) is 0 Å². The van der Waals surface area contributed by atoms with Crippen LogP contribution in [0.5, 0.6) is 0 Å². The zero-order valence-electron chi connectivity index (χ0n) is 13.7. The monoisotopic (exact) mass is 364 g/mol. The average molecular weight is 365 g/mol. The highest BCUT2D eigenvalue weighted by Gasteiger charge is 2.26. The smallest absolute Gasteiger partial charge is 0.341 e. The van der Waals surface area contributed by atoms with Crippen LogP contribution in [0.3, 0.4) is 0 Å². The van der Waals surface area contributed by atoms with Gasteiger partial charge in [-0.25, -0.2) is 14.2 Å². The lowest BCUT2D eigenvalue weighted by atomic mass is 10.1. The molecular weight excluding hydrogens is 347 g/mol. The minimum absolute atomic E-state index is 0.0586. The minimum atomic E-state index is -0.465. The molecule has 2 aromatic rings. The molecule has 1 atom stereocenters. The number of pyridine rings is 1. The third kappa shape index (κ3) is 3.91. The van der Waals surface area contributed by atoms with Gasteiger partial charge in [0.05, 0.1) is 18.2 Å². The van der Waals surface area contributed by atoms with Gasteiger partial charge in [-0.05, 0) is 36.8 Å². The minimum Gasteiger partial charge on any atom is -0.462 e. The average Bonchev–Trinajstić information content (AvgIpc) is 2.64. The Labute approximate surface area is 150 Å². The number of benzene rings is 1. The largest absolute Gasteiger partial charge is 0.462 e. The quantitative estimate of drug-likeness (QED) is 0.775. The number of halogens is 2. The van der Waals surface area contributed by atoms with Crippen molar-refractivity contribution in [3.05, 3.63) is 58.5 Å². The first kappa shape index (κ1) is 17.6. The number of carbonyl (C=O) groups excluding carboxylic acids is 1. The van der Waals surface area contributed by atoms with Crippen LogP contribution in [0.1, 0.15) is 28.9 Å². The molecule has 132 valence electrons. The Hall–Kier alpha value is -2.18. The van der Waals surface area contributed by atoms with Crippen LogP contribution in [0.4, 0.5) is 10.2 Å². The summed E-state index contributed by atoms with van der Waals surface area (Å²) in [5.74, 6) is -0.312. The second kappa shape index (κ2) is 7.80. The third-order valence-corrected chi connectivity index (χ3v) is 4.25. The number of aromatic nitrogens is 1. The molecule has 1 aliphatic heterocycles. The van der Waals surface area contributed by atoms with E-state index >= 15 is 0 Å². The molecule has 1 unspecified atom stereocenters. The van der Waals surface area contributed by atoms with Crippen LogP contribution in [0, 0.1) is 5.82 Å². The van der Waals surface area contributed by atoms with Gasteiger partial charge in [0, 0.05) is 19.3 Å². The number of esters is 1. The van der Waals surface area contributed by atoms with Crippen molar-refractivity contribution < 1.29 is 18.7 Å². The van der Waals surface area contributed by atoms with E-state index in [1.165, 1.54) is 6.07 Å². The number of carbonyl (C=O) groups is 1. The molecule has 2 heterocycles. The molecule has 1 saturated heterocycles. The van der Waals surface area contributed by atoms with Crippen LogP contribution < -0.4 is 4.90 Å². The molecule has 7 heteroatoms. The fraction of sp³-hybridized carbons (Fsp3) is 0.333. The van der Waals surface area contributed by atoms with E-state index in [0.29, 0.717) is 37.7 Å². The van der Waals surface area contributed by atoms with E-state index in [2.05, 4.69) is 4.98 Å². The summed E-state index contributed by atoms with van der Waals surface area (Å²) in [5, 5.41) is 0.0586. The van der Waals surface area contributed by atoms with Crippen LogP contribution in [0.15, 0.2) is 36.5 Å². The Bertz CT molecular complexity index is 772. The van der Waals surface area contributed by atoms with Crippen molar-refractivity contribution in [3.8, 4) is 0 Å². The predicted octanol–water partition coefficient (Wildman–Crippen LogP) is 3.63. The summed E-state index contributed by atoms with van der Waals surface area (Å²) in [5.41, 5.74) is 1.20. The first-order valence-electron chi connectivity index (χ1n) is 8.03. The van der Waals surface area contributed by atoms with Gasteiger partial charge in [0.25, 0.3) is 0 Å². The summed E-state index contributed by atoms with van der Waals surface area (Å²) in [6, 6.07) is 7.94.